The zero-order chi connectivity index (χ0) is 15.0. The Morgan fingerprint density at radius 1 is 1.14 bits per heavy atom. The third-order valence-electron chi connectivity index (χ3n) is 3.47. The molecule has 0 atom stereocenters. The number of nitrogens with one attached hydrogen (secondary N) is 1. The number of aryl methyl sites for hydroxylation is 2. The van der Waals surface area contributed by atoms with Crippen LogP contribution in [0.5, 0.6) is 5.88 Å². The summed E-state index contributed by atoms with van der Waals surface area (Å²) in [7, 11) is 0. The maximum atomic E-state index is 10.0. The number of rotatable bonds is 2. The second kappa shape index (κ2) is 5.26. The van der Waals surface area contributed by atoms with Gasteiger partial charge >= 0.3 is 0 Å². The zero-order valence-corrected chi connectivity index (χ0v) is 12.6. The van der Waals surface area contributed by atoms with E-state index < -0.39 is 0 Å². The Hall–Kier alpha value is -2.26. The van der Waals surface area contributed by atoms with Gasteiger partial charge in [0.1, 0.15) is 0 Å². The minimum absolute atomic E-state index is 0.131. The highest BCUT2D eigenvalue weighted by molar-refractivity contribution is 6.30. The van der Waals surface area contributed by atoms with Crippen molar-refractivity contribution in [2.45, 2.75) is 13.8 Å². The van der Waals surface area contributed by atoms with E-state index in [0.29, 0.717) is 10.6 Å². The van der Waals surface area contributed by atoms with Crippen molar-refractivity contribution in [3.63, 3.8) is 0 Å². The molecule has 0 aliphatic rings. The predicted molar refractivity (Wildman–Crippen MR) is 88.1 cm³/mol. The lowest BCUT2D eigenvalue weighted by Gasteiger charge is -2.00. The van der Waals surface area contributed by atoms with Crippen LogP contribution in [0.3, 0.4) is 0 Å². The summed E-state index contributed by atoms with van der Waals surface area (Å²) in [5, 5.41) is 11.7. The molecule has 0 saturated carbocycles. The van der Waals surface area contributed by atoms with Crippen molar-refractivity contribution in [3.05, 3.63) is 58.1 Å². The molecule has 3 nitrogen and oxygen atoms in total. The van der Waals surface area contributed by atoms with Gasteiger partial charge in [-0.05, 0) is 49.2 Å². The summed E-state index contributed by atoms with van der Waals surface area (Å²) >= 11 is 5.94. The highest BCUT2D eigenvalue weighted by atomic mass is 35.5. The van der Waals surface area contributed by atoms with Crippen LogP contribution in [0.4, 0.5) is 5.69 Å². The summed E-state index contributed by atoms with van der Waals surface area (Å²) < 4.78 is 0. The van der Waals surface area contributed by atoms with Gasteiger partial charge in [0.15, 0.2) is 5.88 Å². The molecular formula is C17H15ClN2O. The minimum atomic E-state index is 0.131. The second-order valence-corrected chi connectivity index (χ2v) is 5.56. The fraction of sp³-hybridized carbons (Fsp3) is 0.118. The number of aromatic hydroxyl groups is 1. The molecule has 21 heavy (non-hydrogen) atoms. The third-order valence-corrected chi connectivity index (χ3v) is 3.70. The van der Waals surface area contributed by atoms with Crippen molar-refractivity contribution in [2.24, 2.45) is 4.99 Å². The van der Waals surface area contributed by atoms with E-state index in [1.807, 2.05) is 44.2 Å². The van der Waals surface area contributed by atoms with Crippen LogP contribution in [-0.2, 0) is 0 Å². The van der Waals surface area contributed by atoms with E-state index in [0.717, 1.165) is 27.7 Å². The molecule has 0 bridgehead atoms. The van der Waals surface area contributed by atoms with E-state index in [4.69, 9.17) is 11.6 Å². The summed E-state index contributed by atoms with van der Waals surface area (Å²) in [4.78, 5) is 7.43. The number of nitrogens with zero attached hydrogens (tertiary/aromatic N) is 1. The van der Waals surface area contributed by atoms with E-state index >= 15 is 0 Å². The normalized spacial score (nSPS) is 11.6. The van der Waals surface area contributed by atoms with Gasteiger partial charge in [0.2, 0.25) is 0 Å². The number of benzene rings is 2. The van der Waals surface area contributed by atoms with Crippen LogP contribution < -0.4 is 0 Å². The fourth-order valence-electron chi connectivity index (χ4n) is 2.35. The second-order valence-electron chi connectivity index (χ2n) is 5.13. The molecule has 0 saturated heterocycles. The standard InChI is InChI=1S/C17H15ClN2O/c1-10-3-5-13-14(17(21)20-16(13)7-10)9-19-15-6-4-12(18)8-11(15)2/h3-9,20-21H,1-2H3. The average molecular weight is 299 g/mol. The number of hydrogen-bond acceptors (Lipinski definition) is 2. The van der Waals surface area contributed by atoms with Crippen molar-refractivity contribution in [2.75, 3.05) is 0 Å². The number of aliphatic imine (C=N–C) groups is 1. The Balaban J connectivity index is 2.05. The number of halogens is 1. The maximum Gasteiger partial charge on any atom is 0.198 e. The van der Waals surface area contributed by atoms with Crippen LogP contribution in [0.2, 0.25) is 5.02 Å². The first-order valence-electron chi connectivity index (χ1n) is 6.66. The Labute approximate surface area is 127 Å². The molecule has 0 radical (unpaired) electrons. The van der Waals surface area contributed by atoms with Gasteiger partial charge in [0.25, 0.3) is 0 Å². The summed E-state index contributed by atoms with van der Waals surface area (Å²) in [5.41, 5.74) is 4.57. The zero-order valence-electron chi connectivity index (χ0n) is 11.8. The van der Waals surface area contributed by atoms with Gasteiger partial charge in [-0.2, -0.15) is 0 Å². The monoisotopic (exact) mass is 298 g/mol. The smallest absolute Gasteiger partial charge is 0.198 e. The first-order valence-corrected chi connectivity index (χ1v) is 7.04. The van der Waals surface area contributed by atoms with E-state index in [1.54, 1.807) is 12.3 Å². The Morgan fingerprint density at radius 2 is 1.95 bits per heavy atom. The quantitative estimate of drug-likeness (QED) is 0.650. The Morgan fingerprint density at radius 3 is 2.71 bits per heavy atom. The van der Waals surface area contributed by atoms with Gasteiger partial charge in [-0.15, -0.1) is 0 Å². The van der Waals surface area contributed by atoms with Crippen LogP contribution in [0.25, 0.3) is 10.9 Å². The largest absolute Gasteiger partial charge is 0.494 e. The van der Waals surface area contributed by atoms with Crippen LogP contribution in [0.1, 0.15) is 16.7 Å². The van der Waals surface area contributed by atoms with Gasteiger partial charge in [-0.25, -0.2) is 0 Å². The van der Waals surface area contributed by atoms with Gasteiger partial charge in [-0.3, -0.25) is 4.99 Å². The lowest BCUT2D eigenvalue weighted by Crippen LogP contribution is -1.81. The van der Waals surface area contributed by atoms with Crippen LogP contribution in [0, 0.1) is 13.8 Å². The predicted octanol–water partition coefficient (Wildman–Crippen LogP) is 4.89. The lowest BCUT2D eigenvalue weighted by molar-refractivity contribution is 0.457. The van der Waals surface area contributed by atoms with Crippen molar-refractivity contribution < 1.29 is 5.11 Å². The van der Waals surface area contributed by atoms with E-state index in [-0.39, 0.29) is 5.88 Å². The van der Waals surface area contributed by atoms with Crippen LogP contribution >= 0.6 is 11.6 Å². The molecule has 2 N–H and O–H groups in total. The first-order chi connectivity index (χ1) is 10.0. The van der Waals surface area contributed by atoms with Gasteiger partial charge < -0.3 is 10.1 Å². The minimum Gasteiger partial charge on any atom is -0.494 e. The molecule has 0 unspecified atom stereocenters. The summed E-state index contributed by atoms with van der Waals surface area (Å²) in [6.07, 6.45) is 1.68. The first kappa shape index (κ1) is 13.7. The number of fused-ring (bicyclic) bond motifs is 1. The van der Waals surface area contributed by atoms with E-state index in [1.165, 1.54) is 0 Å². The van der Waals surface area contributed by atoms with Crippen molar-refractivity contribution in [1.82, 2.24) is 4.98 Å². The van der Waals surface area contributed by atoms with E-state index in [9.17, 15) is 5.11 Å². The van der Waals surface area contributed by atoms with Gasteiger partial charge in [0.05, 0.1) is 11.3 Å². The number of aromatic nitrogens is 1. The van der Waals surface area contributed by atoms with Gasteiger partial charge in [-0.1, -0.05) is 23.7 Å². The fourth-order valence-corrected chi connectivity index (χ4v) is 2.57. The summed E-state index contributed by atoms with van der Waals surface area (Å²) in [6, 6.07) is 11.5. The van der Waals surface area contributed by atoms with Crippen LogP contribution in [-0.4, -0.2) is 16.3 Å². The maximum absolute atomic E-state index is 10.0. The van der Waals surface area contributed by atoms with E-state index in [2.05, 4.69) is 9.98 Å². The molecule has 3 aromatic rings. The van der Waals surface area contributed by atoms with Crippen molar-refractivity contribution >= 4 is 34.4 Å². The molecule has 0 spiro atoms. The number of aromatic amines is 1. The summed E-state index contributed by atoms with van der Waals surface area (Å²) in [6.45, 7) is 3.97. The highest BCUT2D eigenvalue weighted by Crippen LogP contribution is 2.28. The molecule has 1 aromatic heterocycles. The lowest BCUT2D eigenvalue weighted by atomic mass is 10.1. The molecule has 2 aromatic carbocycles. The molecule has 0 amide bonds. The average Bonchev–Trinajstić information content (AvgIpc) is 2.72. The number of hydrogen-bond donors (Lipinski definition) is 2. The molecular weight excluding hydrogens is 284 g/mol. The molecule has 0 aliphatic carbocycles. The third kappa shape index (κ3) is 2.65. The molecule has 0 aliphatic heterocycles. The Kier molecular flexibility index (Phi) is 3.43. The number of H-pyrrole nitrogens is 1. The van der Waals surface area contributed by atoms with Crippen LogP contribution in [0.15, 0.2) is 41.4 Å². The molecule has 4 heteroatoms. The highest BCUT2D eigenvalue weighted by Gasteiger charge is 2.08. The summed E-state index contributed by atoms with van der Waals surface area (Å²) in [5.74, 6) is 0.131. The van der Waals surface area contributed by atoms with Crippen molar-refractivity contribution in [3.8, 4) is 5.88 Å². The molecule has 3 rings (SSSR count). The molecule has 106 valence electrons. The Bertz CT molecular complexity index is 849. The topological polar surface area (TPSA) is 48.4 Å². The van der Waals surface area contributed by atoms with Gasteiger partial charge in [0, 0.05) is 22.1 Å². The van der Waals surface area contributed by atoms with Crippen molar-refractivity contribution in [1.29, 1.82) is 0 Å². The molecule has 0 fully saturated rings. The SMILES string of the molecule is Cc1ccc2c(C=Nc3ccc(Cl)cc3C)c(O)[nH]c2c1. The molecule has 1 heterocycles.